The van der Waals surface area contributed by atoms with Gasteiger partial charge in [0.05, 0.1) is 26.8 Å². The third kappa shape index (κ3) is 7.35. The molecule has 2 aromatic heterocycles. The van der Waals surface area contributed by atoms with Crippen LogP contribution in [-0.4, -0.2) is 51.5 Å². The predicted molar refractivity (Wildman–Crippen MR) is 143 cm³/mol. The van der Waals surface area contributed by atoms with E-state index in [1.165, 1.54) is 12.1 Å². The Morgan fingerprint density at radius 2 is 1.79 bits per heavy atom. The molecule has 2 heterocycles. The monoisotopic (exact) mass is 632 g/mol. The van der Waals surface area contributed by atoms with Crippen molar-refractivity contribution in [1.82, 2.24) is 20.3 Å². The van der Waals surface area contributed by atoms with Gasteiger partial charge in [-0.05, 0) is 42.0 Å². The highest BCUT2D eigenvalue weighted by Crippen LogP contribution is 2.36. The van der Waals surface area contributed by atoms with Crippen molar-refractivity contribution in [3.8, 4) is 5.88 Å². The molecule has 4 rings (SSSR count). The summed E-state index contributed by atoms with van der Waals surface area (Å²) in [4.78, 5) is 35.5. The second-order valence-electron chi connectivity index (χ2n) is 8.48. The lowest BCUT2D eigenvalue weighted by Crippen LogP contribution is -2.25. The Morgan fingerprint density at radius 3 is 2.43 bits per heavy atom. The molecule has 2 amide bonds. The number of pyridine rings is 1. The molecule has 0 atom stereocenters. The Balaban J connectivity index is 1.63. The van der Waals surface area contributed by atoms with Crippen molar-refractivity contribution in [2.75, 3.05) is 23.8 Å². The third-order valence-corrected chi connectivity index (χ3v) is 6.28. The normalized spacial score (nSPS) is 11.5. The van der Waals surface area contributed by atoms with E-state index in [1.807, 2.05) is 0 Å². The van der Waals surface area contributed by atoms with Gasteiger partial charge in [0.2, 0.25) is 17.7 Å². The Kier molecular flexibility index (Phi) is 9.33. The fourth-order valence-corrected chi connectivity index (χ4v) is 4.09. The number of hydrogen-bond acceptors (Lipinski definition) is 7. The van der Waals surface area contributed by atoms with Crippen LogP contribution >= 0.6 is 23.2 Å². The maximum absolute atomic E-state index is 13.0. The average molecular weight is 633 g/mol. The number of ether oxygens (including phenoxy) is 1. The standard InChI is InChI=1S/C25H19Cl2F5N6O4/c26-15-6-1-11(8-33-18(40)9-39)19(27)20(15)36-24-35-16-7-14(23(37-21(16)38-24)42-10-17(28)29)22(41)34-13-4-2-12(3-5-13)25(30,31)32/h1-7,17,39H,8-10H2,(H,33,40)(H,34,41)(H2,35,36,37,38). The van der Waals surface area contributed by atoms with Crippen molar-refractivity contribution >= 4 is 63.5 Å². The molecule has 222 valence electrons. The number of aromatic amines is 1. The van der Waals surface area contributed by atoms with Gasteiger partial charge in [0.1, 0.15) is 12.2 Å². The highest BCUT2D eigenvalue weighted by molar-refractivity contribution is 6.39. The molecule has 0 aliphatic heterocycles. The van der Waals surface area contributed by atoms with Crippen molar-refractivity contribution in [3.05, 3.63) is 69.2 Å². The number of aliphatic hydroxyl groups is 1. The van der Waals surface area contributed by atoms with E-state index in [0.717, 1.165) is 24.3 Å². The molecular weight excluding hydrogens is 614 g/mol. The smallest absolute Gasteiger partial charge is 0.416 e. The van der Waals surface area contributed by atoms with Crippen LogP contribution in [0.4, 0.5) is 39.3 Å². The molecule has 0 aliphatic rings. The first kappa shape index (κ1) is 30.7. The largest absolute Gasteiger partial charge is 0.471 e. The van der Waals surface area contributed by atoms with Crippen molar-refractivity contribution in [2.45, 2.75) is 19.1 Å². The van der Waals surface area contributed by atoms with Crippen molar-refractivity contribution in [3.63, 3.8) is 0 Å². The summed E-state index contributed by atoms with van der Waals surface area (Å²) >= 11 is 12.7. The second-order valence-corrected chi connectivity index (χ2v) is 9.27. The number of aromatic nitrogens is 3. The Morgan fingerprint density at radius 1 is 1.07 bits per heavy atom. The van der Waals surface area contributed by atoms with Crippen LogP contribution in [0.1, 0.15) is 21.5 Å². The molecule has 42 heavy (non-hydrogen) atoms. The highest BCUT2D eigenvalue weighted by atomic mass is 35.5. The molecule has 0 saturated carbocycles. The number of nitrogens with one attached hydrogen (secondary N) is 4. The van der Waals surface area contributed by atoms with Gasteiger partial charge >= 0.3 is 6.18 Å². The fraction of sp³-hybridized carbons (Fsp3) is 0.200. The van der Waals surface area contributed by atoms with Crippen LogP contribution in [0.3, 0.4) is 0 Å². The summed E-state index contributed by atoms with van der Waals surface area (Å²) in [7, 11) is 0. The molecule has 0 bridgehead atoms. The van der Waals surface area contributed by atoms with Crippen LogP contribution in [-0.2, 0) is 17.5 Å². The minimum atomic E-state index is -4.58. The molecule has 0 fully saturated rings. The van der Waals surface area contributed by atoms with Crippen LogP contribution < -0.4 is 20.7 Å². The molecule has 0 spiro atoms. The first-order chi connectivity index (χ1) is 19.8. The number of fused-ring (bicyclic) bond motifs is 1. The molecule has 0 aliphatic carbocycles. The summed E-state index contributed by atoms with van der Waals surface area (Å²) in [5.74, 6) is -2.00. The number of carbonyl (C=O) groups is 2. The first-order valence-electron chi connectivity index (χ1n) is 11.8. The molecule has 17 heteroatoms. The lowest BCUT2D eigenvalue weighted by atomic mass is 10.2. The maximum atomic E-state index is 13.0. The Hall–Kier alpha value is -4.21. The SMILES string of the molecule is O=C(CO)NCc1ccc(Cl)c(Nc2nc3nc(OCC(F)F)c(C(=O)Nc4ccc(C(F)(F)F)cc4)cc3[nH]2)c1Cl. The van der Waals surface area contributed by atoms with Crippen LogP contribution in [0, 0.1) is 0 Å². The number of aliphatic hydroxyl groups excluding tert-OH is 1. The van der Waals surface area contributed by atoms with Gasteiger partial charge < -0.3 is 30.8 Å². The van der Waals surface area contributed by atoms with Crippen LogP contribution in [0.2, 0.25) is 10.0 Å². The quantitative estimate of drug-likeness (QED) is 0.145. The number of imidazole rings is 1. The van der Waals surface area contributed by atoms with E-state index in [9.17, 15) is 31.5 Å². The number of amides is 2. The molecule has 0 saturated heterocycles. The number of anilines is 3. The van der Waals surface area contributed by atoms with E-state index in [-0.39, 0.29) is 50.6 Å². The van der Waals surface area contributed by atoms with Gasteiger partial charge in [-0.2, -0.15) is 23.1 Å². The lowest BCUT2D eigenvalue weighted by molar-refractivity contribution is -0.137. The van der Waals surface area contributed by atoms with Gasteiger partial charge in [0.25, 0.3) is 12.3 Å². The molecule has 0 radical (unpaired) electrons. The van der Waals surface area contributed by atoms with Gasteiger partial charge in [0, 0.05) is 12.2 Å². The molecule has 2 aromatic carbocycles. The van der Waals surface area contributed by atoms with Gasteiger partial charge in [-0.3, -0.25) is 9.59 Å². The highest BCUT2D eigenvalue weighted by Gasteiger charge is 2.30. The number of rotatable bonds is 10. The maximum Gasteiger partial charge on any atom is 0.416 e. The van der Waals surface area contributed by atoms with E-state index in [1.54, 1.807) is 6.07 Å². The summed E-state index contributed by atoms with van der Waals surface area (Å²) in [5, 5.41) is 16.9. The molecule has 4 aromatic rings. The Bertz CT molecular complexity index is 1620. The molecule has 10 nitrogen and oxygen atoms in total. The van der Waals surface area contributed by atoms with Crippen molar-refractivity contribution in [2.24, 2.45) is 0 Å². The predicted octanol–water partition coefficient (Wildman–Crippen LogP) is 5.53. The van der Waals surface area contributed by atoms with E-state index in [4.69, 9.17) is 33.0 Å². The zero-order chi connectivity index (χ0) is 30.6. The zero-order valence-corrected chi connectivity index (χ0v) is 22.5. The Labute approximate surface area is 243 Å². The van der Waals surface area contributed by atoms with Gasteiger partial charge in [-0.1, -0.05) is 29.3 Å². The van der Waals surface area contributed by atoms with Crippen LogP contribution in [0.25, 0.3) is 11.2 Å². The van der Waals surface area contributed by atoms with Crippen LogP contribution in [0.15, 0.2) is 42.5 Å². The topological polar surface area (TPSA) is 141 Å². The van der Waals surface area contributed by atoms with E-state index < -0.39 is 49.1 Å². The fourth-order valence-electron chi connectivity index (χ4n) is 3.56. The number of benzene rings is 2. The van der Waals surface area contributed by atoms with Gasteiger partial charge in [0.15, 0.2) is 12.3 Å². The van der Waals surface area contributed by atoms with Crippen molar-refractivity contribution in [1.29, 1.82) is 0 Å². The summed E-state index contributed by atoms with van der Waals surface area (Å²) in [6.07, 6.45) is -7.48. The van der Waals surface area contributed by atoms with Gasteiger partial charge in [-0.25, -0.2) is 8.78 Å². The van der Waals surface area contributed by atoms with E-state index in [2.05, 4.69) is 30.9 Å². The first-order valence-corrected chi connectivity index (χ1v) is 12.5. The number of alkyl halides is 5. The number of H-pyrrole nitrogens is 1. The zero-order valence-electron chi connectivity index (χ0n) is 21.0. The van der Waals surface area contributed by atoms with Crippen LogP contribution in [0.5, 0.6) is 5.88 Å². The van der Waals surface area contributed by atoms with E-state index in [0.29, 0.717) is 5.56 Å². The number of nitrogens with zero attached hydrogens (tertiary/aromatic N) is 2. The summed E-state index contributed by atoms with van der Waals surface area (Å²) in [5.41, 5.74) is -0.505. The minimum Gasteiger partial charge on any atom is -0.471 e. The summed E-state index contributed by atoms with van der Waals surface area (Å²) in [6.45, 7) is -1.83. The lowest BCUT2D eigenvalue weighted by Gasteiger charge is -2.12. The minimum absolute atomic E-state index is 0.000725. The number of halogens is 7. The number of carbonyl (C=O) groups excluding carboxylic acids is 2. The van der Waals surface area contributed by atoms with Gasteiger partial charge in [-0.15, -0.1) is 0 Å². The molecular formula is C25H19Cl2F5N6O4. The van der Waals surface area contributed by atoms with Crippen molar-refractivity contribution < 1.29 is 41.4 Å². The number of hydrogen-bond donors (Lipinski definition) is 5. The summed E-state index contributed by atoms with van der Waals surface area (Å²) < 4.78 is 69.4. The second kappa shape index (κ2) is 12.8. The molecule has 5 N–H and O–H groups in total. The average Bonchev–Trinajstić information content (AvgIpc) is 3.34. The third-order valence-electron chi connectivity index (χ3n) is 5.53. The van der Waals surface area contributed by atoms with E-state index >= 15 is 0 Å². The summed E-state index contributed by atoms with van der Waals surface area (Å²) in [6, 6.07) is 7.86. The molecule has 0 unspecified atom stereocenters.